The fraction of sp³-hybridized carbons (Fsp3) is 0.0556. The van der Waals surface area contributed by atoms with Gasteiger partial charge >= 0.3 is 0 Å². The predicted octanol–water partition coefficient (Wildman–Crippen LogP) is 2.85. The fourth-order valence-corrected chi connectivity index (χ4v) is 2.39. The first-order valence-electron chi connectivity index (χ1n) is 7.14. The summed E-state index contributed by atoms with van der Waals surface area (Å²) < 4.78 is 0. The molecule has 5 heteroatoms. The minimum absolute atomic E-state index is 0.116. The Morgan fingerprint density at radius 2 is 1.87 bits per heavy atom. The summed E-state index contributed by atoms with van der Waals surface area (Å²) >= 11 is 0. The minimum Gasteiger partial charge on any atom is -0.398 e. The van der Waals surface area contributed by atoms with E-state index in [0.29, 0.717) is 22.5 Å². The van der Waals surface area contributed by atoms with E-state index in [2.05, 4.69) is 9.97 Å². The van der Waals surface area contributed by atoms with Crippen LogP contribution < -0.4 is 11.5 Å². The highest BCUT2D eigenvalue weighted by Gasteiger charge is 2.14. The van der Waals surface area contributed by atoms with Gasteiger partial charge in [-0.05, 0) is 31.2 Å². The van der Waals surface area contributed by atoms with Crippen LogP contribution in [0.1, 0.15) is 21.5 Å². The standard InChI is InChI=1S/C18H16N4O/c1-11-3-2-4-13(9-11)17(23)14-10-12(5-6-15(14)19)16-7-8-21-18(20)22-16/h2-10H,19H2,1H3,(H2,20,21,22). The fourth-order valence-electron chi connectivity index (χ4n) is 2.39. The summed E-state index contributed by atoms with van der Waals surface area (Å²) in [5, 5.41) is 0. The molecule has 0 spiro atoms. The van der Waals surface area contributed by atoms with Crippen molar-refractivity contribution >= 4 is 17.4 Å². The molecule has 1 heterocycles. The van der Waals surface area contributed by atoms with Gasteiger partial charge in [0.1, 0.15) is 0 Å². The third-order valence-corrected chi connectivity index (χ3v) is 3.55. The Balaban J connectivity index is 2.06. The number of aromatic nitrogens is 2. The van der Waals surface area contributed by atoms with Gasteiger partial charge in [-0.3, -0.25) is 4.79 Å². The number of carbonyl (C=O) groups is 1. The number of anilines is 2. The number of rotatable bonds is 3. The maximum atomic E-state index is 12.7. The molecule has 0 atom stereocenters. The molecule has 114 valence electrons. The zero-order valence-corrected chi connectivity index (χ0v) is 12.7. The third-order valence-electron chi connectivity index (χ3n) is 3.55. The molecule has 1 aromatic heterocycles. The van der Waals surface area contributed by atoms with Crippen molar-refractivity contribution in [1.29, 1.82) is 0 Å². The van der Waals surface area contributed by atoms with Crippen molar-refractivity contribution in [3.8, 4) is 11.3 Å². The van der Waals surface area contributed by atoms with E-state index >= 15 is 0 Å². The van der Waals surface area contributed by atoms with Crippen LogP contribution in [0, 0.1) is 6.92 Å². The molecule has 3 rings (SSSR count). The van der Waals surface area contributed by atoms with Crippen molar-refractivity contribution in [1.82, 2.24) is 9.97 Å². The average Bonchev–Trinajstić information content (AvgIpc) is 2.54. The van der Waals surface area contributed by atoms with Crippen molar-refractivity contribution in [3.05, 3.63) is 71.4 Å². The molecule has 0 aliphatic heterocycles. The summed E-state index contributed by atoms with van der Waals surface area (Å²) in [7, 11) is 0. The van der Waals surface area contributed by atoms with Crippen LogP contribution >= 0.6 is 0 Å². The van der Waals surface area contributed by atoms with Crippen LogP contribution in [0.4, 0.5) is 11.6 Å². The van der Waals surface area contributed by atoms with Crippen molar-refractivity contribution in [3.63, 3.8) is 0 Å². The number of hydrogen-bond acceptors (Lipinski definition) is 5. The Labute approximate surface area is 134 Å². The Kier molecular flexibility index (Phi) is 3.76. The molecule has 2 aromatic carbocycles. The Morgan fingerprint density at radius 1 is 1.04 bits per heavy atom. The van der Waals surface area contributed by atoms with Crippen LogP contribution in [0.3, 0.4) is 0 Å². The lowest BCUT2D eigenvalue weighted by Crippen LogP contribution is -2.06. The van der Waals surface area contributed by atoms with E-state index in [1.165, 1.54) is 0 Å². The zero-order valence-electron chi connectivity index (χ0n) is 12.7. The Morgan fingerprint density at radius 3 is 2.61 bits per heavy atom. The number of nitrogen functional groups attached to an aromatic ring is 2. The summed E-state index contributed by atoms with van der Waals surface area (Å²) in [5.41, 5.74) is 15.5. The van der Waals surface area contributed by atoms with Crippen LogP contribution in [0.15, 0.2) is 54.7 Å². The second-order valence-electron chi connectivity index (χ2n) is 5.30. The molecule has 0 saturated heterocycles. The van der Waals surface area contributed by atoms with Crippen LogP contribution in [0.25, 0.3) is 11.3 Å². The summed E-state index contributed by atoms with van der Waals surface area (Å²) in [5.74, 6) is 0.0703. The van der Waals surface area contributed by atoms with E-state index in [-0.39, 0.29) is 11.7 Å². The van der Waals surface area contributed by atoms with Crippen molar-refractivity contribution in [2.75, 3.05) is 11.5 Å². The SMILES string of the molecule is Cc1cccc(C(=O)c2cc(-c3ccnc(N)n3)ccc2N)c1. The molecule has 4 N–H and O–H groups in total. The van der Waals surface area contributed by atoms with Crippen LogP contribution in [0.2, 0.25) is 0 Å². The van der Waals surface area contributed by atoms with Crippen LogP contribution in [-0.4, -0.2) is 15.8 Å². The van der Waals surface area contributed by atoms with Gasteiger partial charge in [0.15, 0.2) is 5.78 Å². The highest BCUT2D eigenvalue weighted by molar-refractivity contribution is 6.12. The summed E-state index contributed by atoms with van der Waals surface area (Å²) in [6, 6.07) is 14.4. The second kappa shape index (κ2) is 5.88. The molecule has 0 saturated carbocycles. The normalized spacial score (nSPS) is 10.5. The minimum atomic E-state index is -0.116. The van der Waals surface area contributed by atoms with Crippen LogP contribution in [-0.2, 0) is 0 Å². The van der Waals surface area contributed by atoms with Crippen molar-refractivity contribution in [2.24, 2.45) is 0 Å². The number of aryl methyl sites for hydroxylation is 1. The van der Waals surface area contributed by atoms with Crippen molar-refractivity contribution in [2.45, 2.75) is 6.92 Å². The van der Waals surface area contributed by atoms with Gasteiger partial charge < -0.3 is 11.5 Å². The van der Waals surface area contributed by atoms with E-state index in [4.69, 9.17) is 11.5 Å². The number of benzene rings is 2. The lowest BCUT2D eigenvalue weighted by Gasteiger charge is -2.09. The third kappa shape index (κ3) is 3.03. The van der Waals surface area contributed by atoms with E-state index < -0.39 is 0 Å². The molecule has 0 amide bonds. The van der Waals surface area contributed by atoms with Gasteiger partial charge in [-0.25, -0.2) is 9.97 Å². The molecule has 0 aliphatic rings. The summed E-state index contributed by atoms with van der Waals surface area (Å²) in [6.45, 7) is 1.94. The first-order chi connectivity index (χ1) is 11.0. The van der Waals surface area contributed by atoms with Crippen molar-refractivity contribution < 1.29 is 4.79 Å². The molecule has 5 nitrogen and oxygen atoms in total. The smallest absolute Gasteiger partial charge is 0.220 e. The molecule has 0 fully saturated rings. The quantitative estimate of drug-likeness (QED) is 0.573. The number of nitrogens with two attached hydrogens (primary N) is 2. The molecule has 0 bridgehead atoms. The lowest BCUT2D eigenvalue weighted by molar-refractivity contribution is 0.103. The number of nitrogens with zero attached hydrogens (tertiary/aromatic N) is 2. The summed E-state index contributed by atoms with van der Waals surface area (Å²) in [4.78, 5) is 20.8. The molecule has 23 heavy (non-hydrogen) atoms. The average molecular weight is 304 g/mol. The Hall–Kier alpha value is -3.21. The van der Waals surface area contributed by atoms with E-state index in [1.807, 2.05) is 31.2 Å². The van der Waals surface area contributed by atoms with Gasteiger partial charge in [0.05, 0.1) is 5.69 Å². The number of hydrogen-bond donors (Lipinski definition) is 2. The molecular formula is C18H16N4O. The highest BCUT2D eigenvalue weighted by Crippen LogP contribution is 2.25. The largest absolute Gasteiger partial charge is 0.398 e. The van der Waals surface area contributed by atoms with E-state index in [9.17, 15) is 4.79 Å². The first kappa shape index (κ1) is 14.7. The van der Waals surface area contributed by atoms with Gasteiger partial charge in [0.25, 0.3) is 0 Å². The maximum absolute atomic E-state index is 12.7. The van der Waals surface area contributed by atoms with Gasteiger partial charge in [-0.1, -0.05) is 29.8 Å². The number of carbonyl (C=O) groups excluding carboxylic acids is 1. The van der Waals surface area contributed by atoms with Gasteiger partial charge in [0.2, 0.25) is 5.95 Å². The second-order valence-corrected chi connectivity index (χ2v) is 5.30. The zero-order chi connectivity index (χ0) is 16.4. The predicted molar refractivity (Wildman–Crippen MR) is 90.9 cm³/mol. The maximum Gasteiger partial charge on any atom is 0.220 e. The molecule has 0 radical (unpaired) electrons. The molecule has 0 aliphatic carbocycles. The van der Waals surface area contributed by atoms with Gasteiger partial charge in [-0.2, -0.15) is 0 Å². The number of ketones is 1. The highest BCUT2D eigenvalue weighted by atomic mass is 16.1. The lowest BCUT2D eigenvalue weighted by atomic mass is 9.97. The van der Waals surface area contributed by atoms with Gasteiger partial charge in [0, 0.05) is 28.6 Å². The first-order valence-corrected chi connectivity index (χ1v) is 7.14. The van der Waals surface area contributed by atoms with Crippen LogP contribution in [0.5, 0.6) is 0 Å². The van der Waals surface area contributed by atoms with E-state index in [0.717, 1.165) is 11.1 Å². The van der Waals surface area contributed by atoms with Gasteiger partial charge in [-0.15, -0.1) is 0 Å². The summed E-state index contributed by atoms with van der Waals surface area (Å²) in [6.07, 6.45) is 1.58. The Bertz CT molecular complexity index is 890. The molecule has 0 unspecified atom stereocenters. The van der Waals surface area contributed by atoms with E-state index in [1.54, 1.807) is 30.5 Å². The molecular weight excluding hydrogens is 288 g/mol. The topological polar surface area (TPSA) is 94.9 Å². The molecule has 3 aromatic rings. The monoisotopic (exact) mass is 304 g/mol.